The van der Waals surface area contributed by atoms with Gasteiger partial charge in [0.15, 0.2) is 24.7 Å². The van der Waals surface area contributed by atoms with E-state index in [9.17, 15) is 110 Å². The van der Waals surface area contributed by atoms with Crippen molar-refractivity contribution < 1.29 is 115 Å². The van der Waals surface area contributed by atoms with Gasteiger partial charge in [-0.3, -0.25) is 9.78 Å². The summed E-state index contributed by atoms with van der Waals surface area (Å²) in [6, 6.07) is 8.27. The second-order valence-electron chi connectivity index (χ2n) is 17.0. The fraction of sp³-hybridized carbons (Fsp3) is 0.180. The maximum absolute atomic E-state index is 14.2. The Bertz CT molecular complexity index is 2830. The first kappa shape index (κ1) is 59.7. The monoisotopic (exact) mass is 1140 g/mol. The van der Waals surface area contributed by atoms with Crippen molar-refractivity contribution in [3.63, 3.8) is 0 Å². The highest BCUT2D eigenvalue weighted by Gasteiger charge is 2.47. The second-order valence-corrected chi connectivity index (χ2v) is 17.0. The topological polar surface area (TPSA) is 33.8 Å². The number of halogens is 24. The van der Waals surface area contributed by atoms with E-state index in [4.69, 9.17) is 0 Å². The lowest BCUT2D eigenvalue weighted by Crippen LogP contribution is -2.75. The van der Waals surface area contributed by atoms with Crippen molar-refractivity contribution in [2.75, 3.05) is 0 Å². The smallest absolute Gasteiger partial charge is 0.289 e. The quantitative estimate of drug-likeness (QED) is 0.0658. The van der Waals surface area contributed by atoms with Gasteiger partial charge in [-0.25, -0.2) is 0 Å². The summed E-state index contributed by atoms with van der Waals surface area (Å²) in [4.78, 5) is 16.3. The summed E-state index contributed by atoms with van der Waals surface area (Å²) in [5, 5.41) is 0. The fourth-order valence-corrected chi connectivity index (χ4v) is 8.25. The summed E-state index contributed by atoms with van der Waals surface area (Å²) < 4.78 is 343. The molecule has 414 valence electrons. The largest absolute Gasteiger partial charge is 0.416 e. The Morgan fingerprint density at radius 1 is 0.346 bits per heavy atom. The van der Waals surface area contributed by atoms with E-state index in [0.717, 1.165) is 12.1 Å². The Kier molecular flexibility index (Phi) is 16.1. The minimum Gasteiger partial charge on any atom is -0.289 e. The Morgan fingerprint density at radius 2 is 0.590 bits per heavy atom. The predicted octanol–water partition coefficient (Wildman–Crippen LogP) is 13.9. The Balaban J connectivity index is 0.000000387. The summed E-state index contributed by atoms with van der Waals surface area (Å²) in [6.45, 7) is 0.766. The summed E-state index contributed by atoms with van der Waals surface area (Å²) in [6.07, 6.45) is -47.5. The zero-order valence-electron chi connectivity index (χ0n) is 38.1. The van der Waals surface area contributed by atoms with Gasteiger partial charge in [-0.15, -0.1) is 0 Å². The molecule has 1 aromatic heterocycles. The van der Waals surface area contributed by atoms with Crippen LogP contribution in [0.15, 0.2) is 152 Å². The molecule has 0 fully saturated rings. The highest BCUT2D eigenvalue weighted by Crippen LogP contribution is 2.41. The van der Waals surface area contributed by atoms with Crippen LogP contribution in [0.4, 0.5) is 105 Å². The van der Waals surface area contributed by atoms with Crippen LogP contribution < -0.4 is 26.4 Å². The van der Waals surface area contributed by atoms with Gasteiger partial charge >= 0.3 is 49.4 Å². The molecular weight excluding hydrogens is 1110 g/mol. The SMILES string of the molecule is FC(F)(F)c1cc([B-](c2cc(C(F)(F)F)cc(C(F)(F)F)c2)(c2cc(C(F)(F)F)cc(C(F)(F)F)c2)c2cc(C(F)(F)F)cc(C(F)(F)F)c2)cc(C(F)(F)F)c1.O=C(c1ccccc1)c1ccc(C[n+]2ccncc2)cc1. The summed E-state index contributed by atoms with van der Waals surface area (Å²) in [5.74, 6) is 0.0544. The highest BCUT2D eigenvalue weighted by atomic mass is 19.4. The first-order chi connectivity index (χ1) is 35.6. The van der Waals surface area contributed by atoms with Crippen LogP contribution in [0.5, 0.6) is 0 Å². The van der Waals surface area contributed by atoms with Gasteiger partial charge in [-0.05, 0) is 24.3 Å². The van der Waals surface area contributed by atoms with Crippen molar-refractivity contribution in [3.05, 3.63) is 213 Å². The van der Waals surface area contributed by atoms with Crippen molar-refractivity contribution in [2.24, 2.45) is 0 Å². The number of aromatic nitrogens is 2. The molecule has 0 unspecified atom stereocenters. The number of carbonyl (C=O) groups is 1. The number of benzene rings is 6. The van der Waals surface area contributed by atoms with Crippen LogP contribution in [-0.4, -0.2) is 16.9 Å². The number of carbonyl (C=O) groups excluding carboxylic acids is 1. The van der Waals surface area contributed by atoms with Crippen molar-refractivity contribution in [1.82, 2.24) is 4.98 Å². The van der Waals surface area contributed by atoms with E-state index in [2.05, 4.69) is 4.98 Å². The number of ketones is 1. The molecule has 7 aromatic rings. The fourth-order valence-electron chi connectivity index (χ4n) is 8.25. The molecule has 0 N–H and O–H groups in total. The van der Waals surface area contributed by atoms with Crippen LogP contribution in [-0.2, 0) is 56.0 Å². The average Bonchev–Trinajstić information content (AvgIpc) is 3.51. The van der Waals surface area contributed by atoms with Gasteiger partial charge in [0.05, 0.1) is 56.9 Å². The summed E-state index contributed by atoms with van der Waals surface area (Å²) in [7, 11) is 0. The van der Waals surface area contributed by atoms with Crippen LogP contribution in [0, 0.1) is 0 Å². The first-order valence-corrected chi connectivity index (χ1v) is 21.4. The zero-order chi connectivity index (χ0) is 58.4. The van der Waals surface area contributed by atoms with Gasteiger partial charge < -0.3 is 0 Å². The molecule has 6 aromatic carbocycles. The lowest BCUT2D eigenvalue weighted by atomic mass is 9.12. The number of hydrogen-bond donors (Lipinski definition) is 0. The molecule has 78 heavy (non-hydrogen) atoms. The first-order valence-electron chi connectivity index (χ1n) is 21.4. The van der Waals surface area contributed by atoms with Crippen LogP contribution in [0.1, 0.15) is 66.0 Å². The van der Waals surface area contributed by atoms with Gasteiger partial charge in [0.2, 0.25) is 0 Å². The zero-order valence-corrected chi connectivity index (χ0v) is 38.1. The third-order valence-electron chi connectivity index (χ3n) is 11.7. The van der Waals surface area contributed by atoms with E-state index >= 15 is 0 Å². The Hall–Kier alpha value is -7.55. The highest BCUT2D eigenvalue weighted by molar-refractivity contribution is 7.20. The molecule has 0 amide bonds. The molecule has 0 saturated carbocycles. The lowest BCUT2D eigenvalue weighted by molar-refractivity contribution is -0.688. The summed E-state index contributed by atoms with van der Waals surface area (Å²) >= 11 is 0. The third kappa shape index (κ3) is 13.8. The maximum Gasteiger partial charge on any atom is 0.416 e. The van der Waals surface area contributed by atoms with Crippen LogP contribution in [0.2, 0.25) is 0 Å². The standard InChI is InChI=1S/C32H12BF24.C18H15N2O/c34-25(35,36)13-1-14(26(37,38)39)6-21(5-13)33(22-7-15(27(40,41)42)2-16(8-22)28(43,44)45,23-9-17(29(46,47)48)3-18(10-23)30(49,50)51)24-11-19(31(52,53)54)4-20(12-24)32(55,56)57;21-18(16-4-2-1-3-5-16)17-8-6-15(7-9-17)14-20-12-10-19-11-13-20/h1-12H;1-13H,14H2/q-1;+1. The van der Waals surface area contributed by atoms with E-state index in [1.807, 2.05) is 71.6 Å². The van der Waals surface area contributed by atoms with E-state index in [1.165, 1.54) is 0 Å². The van der Waals surface area contributed by atoms with E-state index in [0.29, 0.717) is 11.1 Å². The van der Waals surface area contributed by atoms with Crippen molar-refractivity contribution in [3.8, 4) is 0 Å². The van der Waals surface area contributed by atoms with Gasteiger partial charge in [0.25, 0.3) is 0 Å². The molecule has 0 atom stereocenters. The van der Waals surface area contributed by atoms with E-state index in [1.54, 1.807) is 12.4 Å². The molecule has 28 heteroatoms. The van der Waals surface area contributed by atoms with Gasteiger partial charge in [-0.1, -0.05) is 103 Å². The molecule has 1 heterocycles. The molecule has 0 spiro atoms. The average molecular weight is 1140 g/mol. The molecule has 0 aliphatic carbocycles. The minimum atomic E-state index is -6.13. The predicted molar refractivity (Wildman–Crippen MR) is 230 cm³/mol. The van der Waals surface area contributed by atoms with Gasteiger partial charge in [-0.2, -0.15) is 132 Å². The van der Waals surface area contributed by atoms with Crippen molar-refractivity contribution in [2.45, 2.75) is 56.0 Å². The molecular formula is C50H27BF24N2O. The lowest BCUT2D eigenvalue weighted by Gasteiger charge is -2.46. The van der Waals surface area contributed by atoms with E-state index < -0.39 is 195 Å². The minimum absolute atomic E-state index is 0.0544. The van der Waals surface area contributed by atoms with Crippen molar-refractivity contribution >= 4 is 33.8 Å². The summed E-state index contributed by atoms with van der Waals surface area (Å²) in [5.41, 5.74) is -27.6. The normalized spacial score (nSPS) is 13.2. The molecule has 0 radical (unpaired) electrons. The number of hydrogen-bond acceptors (Lipinski definition) is 2. The third-order valence-corrected chi connectivity index (χ3v) is 11.7. The van der Waals surface area contributed by atoms with Gasteiger partial charge in [0, 0.05) is 16.7 Å². The number of alkyl halides is 24. The molecule has 3 nitrogen and oxygen atoms in total. The van der Waals surface area contributed by atoms with Crippen LogP contribution in [0.25, 0.3) is 0 Å². The molecule has 0 aliphatic rings. The van der Waals surface area contributed by atoms with Gasteiger partial charge in [0.1, 0.15) is 6.15 Å². The number of nitrogens with zero attached hydrogens (tertiary/aromatic N) is 2. The Morgan fingerprint density at radius 3 is 0.833 bits per heavy atom. The van der Waals surface area contributed by atoms with Crippen LogP contribution >= 0.6 is 0 Å². The molecule has 0 bridgehead atoms. The maximum atomic E-state index is 14.2. The van der Waals surface area contributed by atoms with E-state index in [-0.39, 0.29) is 5.78 Å². The number of rotatable bonds is 8. The van der Waals surface area contributed by atoms with Crippen molar-refractivity contribution in [1.29, 1.82) is 0 Å². The molecule has 7 rings (SSSR count). The second kappa shape index (κ2) is 21.0. The van der Waals surface area contributed by atoms with Crippen LogP contribution in [0.3, 0.4) is 0 Å². The Labute approximate surface area is 422 Å². The molecule has 0 aliphatic heterocycles. The molecule has 0 saturated heterocycles.